The molecule has 0 radical (unpaired) electrons. The summed E-state index contributed by atoms with van der Waals surface area (Å²) in [5, 5.41) is 5.82. The van der Waals surface area contributed by atoms with Crippen molar-refractivity contribution in [3.63, 3.8) is 0 Å². The molecule has 0 spiro atoms. The molecule has 0 heterocycles. The summed E-state index contributed by atoms with van der Waals surface area (Å²) in [7, 11) is 3.09. The molecule has 1 aromatic carbocycles. The van der Waals surface area contributed by atoms with E-state index in [1.807, 2.05) is 0 Å². The van der Waals surface area contributed by atoms with Gasteiger partial charge in [0.25, 0.3) is 0 Å². The van der Waals surface area contributed by atoms with Crippen LogP contribution in [0.1, 0.15) is 32.6 Å². The summed E-state index contributed by atoms with van der Waals surface area (Å²) in [5.74, 6) is 0.385. The van der Waals surface area contributed by atoms with Crippen LogP contribution in [0.2, 0.25) is 0 Å². The lowest BCUT2D eigenvalue weighted by molar-refractivity contribution is -0.132. The molecule has 146 valence electrons. The highest BCUT2D eigenvalue weighted by Gasteiger charge is 2.43. The maximum atomic E-state index is 12.9. The Morgan fingerprint density at radius 3 is 2.35 bits per heavy atom. The van der Waals surface area contributed by atoms with Crippen LogP contribution in [0.15, 0.2) is 18.2 Å². The van der Waals surface area contributed by atoms with Gasteiger partial charge in [-0.3, -0.25) is 9.59 Å². The third kappa shape index (κ3) is 4.80. The Morgan fingerprint density at radius 1 is 1.19 bits per heavy atom. The van der Waals surface area contributed by atoms with Crippen molar-refractivity contribution in [1.82, 2.24) is 5.32 Å². The van der Waals surface area contributed by atoms with Gasteiger partial charge in [0.1, 0.15) is 5.54 Å². The Kier molecular flexibility index (Phi) is 8.17. The molecule has 0 aromatic heterocycles. The van der Waals surface area contributed by atoms with E-state index in [2.05, 4.69) is 10.6 Å². The third-order valence-corrected chi connectivity index (χ3v) is 4.70. The second kappa shape index (κ2) is 9.64. The normalized spacial score (nSPS) is 16.2. The molecule has 0 saturated heterocycles. The van der Waals surface area contributed by atoms with Gasteiger partial charge in [0.15, 0.2) is 11.5 Å². The molecule has 8 heteroatoms. The number of hydrogen-bond acceptors (Lipinski definition) is 5. The van der Waals surface area contributed by atoms with E-state index >= 15 is 0 Å². The molecule has 1 atom stereocenters. The van der Waals surface area contributed by atoms with Gasteiger partial charge in [0.2, 0.25) is 11.8 Å². The standard InChI is InChI=1S/C18H27N3O4.ClH/c1-12(11-19)16(22)21-18(8-4-5-9-18)17(23)20-13-6-7-14(24-2)15(10-13)25-3;/h6-7,10,12H,4-5,8-9,11,19H2,1-3H3,(H,20,23)(H,21,22);1H. The van der Waals surface area contributed by atoms with E-state index in [4.69, 9.17) is 15.2 Å². The van der Waals surface area contributed by atoms with Crippen molar-refractivity contribution in [2.24, 2.45) is 11.7 Å². The smallest absolute Gasteiger partial charge is 0.250 e. The summed E-state index contributed by atoms with van der Waals surface area (Å²) in [4.78, 5) is 25.2. The monoisotopic (exact) mass is 385 g/mol. The van der Waals surface area contributed by atoms with Crippen LogP contribution in [0, 0.1) is 5.92 Å². The van der Waals surface area contributed by atoms with Crippen LogP contribution in [0.3, 0.4) is 0 Å². The van der Waals surface area contributed by atoms with Crippen LogP contribution in [0.4, 0.5) is 5.69 Å². The third-order valence-electron chi connectivity index (χ3n) is 4.70. The largest absolute Gasteiger partial charge is 0.493 e. The van der Waals surface area contributed by atoms with Gasteiger partial charge in [0.05, 0.1) is 14.2 Å². The number of carbonyl (C=O) groups excluding carboxylic acids is 2. The molecule has 2 amide bonds. The molecular formula is C18H28ClN3O4. The first-order valence-corrected chi connectivity index (χ1v) is 8.51. The summed E-state index contributed by atoms with van der Waals surface area (Å²) in [6.45, 7) is 2.00. The van der Waals surface area contributed by atoms with Gasteiger partial charge in [-0.2, -0.15) is 0 Å². The van der Waals surface area contributed by atoms with E-state index in [0.717, 1.165) is 12.8 Å². The second-order valence-corrected chi connectivity index (χ2v) is 6.44. The second-order valence-electron chi connectivity index (χ2n) is 6.44. The number of hydrogen-bond donors (Lipinski definition) is 3. The Balaban J connectivity index is 0.00000338. The van der Waals surface area contributed by atoms with Crippen molar-refractivity contribution >= 4 is 29.9 Å². The molecule has 1 unspecified atom stereocenters. The number of halogens is 1. The van der Waals surface area contributed by atoms with Crippen molar-refractivity contribution in [1.29, 1.82) is 0 Å². The fourth-order valence-electron chi connectivity index (χ4n) is 3.02. The Hall–Kier alpha value is -1.99. The van der Waals surface area contributed by atoms with Gasteiger partial charge in [-0.05, 0) is 25.0 Å². The number of methoxy groups -OCH3 is 2. The van der Waals surface area contributed by atoms with Crippen LogP contribution >= 0.6 is 12.4 Å². The topological polar surface area (TPSA) is 103 Å². The highest BCUT2D eigenvalue weighted by Crippen LogP contribution is 2.33. The van der Waals surface area contributed by atoms with Gasteiger partial charge in [-0.25, -0.2) is 0 Å². The first-order valence-electron chi connectivity index (χ1n) is 8.51. The maximum Gasteiger partial charge on any atom is 0.250 e. The zero-order valence-electron chi connectivity index (χ0n) is 15.5. The number of rotatable bonds is 7. The Morgan fingerprint density at radius 2 is 1.81 bits per heavy atom. The lowest BCUT2D eigenvalue weighted by atomic mass is 9.94. The van der Waals surface area contributed by atoms with Crippen molar-refractivity contribution in [2.75, 3.05) is 26.1 Å². The molecule has 7 nitrogen and oxygen atoms in total. The van der Waals surface area contributed by atoms with E-state index in [-0.39, 0.29) is 36.7 Å². The number of benzene rings is 1. The van der Waals surface area contributed by atoms with Gasteiger partial charge in [-0.15, -0.1) is 12.4 Å². The number of nitrogens with two attached hydrogens (primary N) is 1. The summed E-state index contributed by atoms with van der Waals surface area (Å²) in [6.07, 6.45) is 3.04. The molecule has 1 aromatic rings. The lowest BCUT2D eigenvalue weighted by Gasteiger charge is -2.30. The van der Waals surface area contributed by atoms with E-state index in [9.17, 15) is 9.59 Å². The highest BCUT2D eigenvalue weighted by atomic mass is 35.5. The predicted octanol–water partition coefficient (Wildman–Crippen LogP) is 2.09. The molecule has 1 saturated carbocycles. The zero-order chi connectivity index (χ0) is 18.4. The average Bonchev–Trinajstić information content (AvgIpc) is 3.10. The maximum absolute atomic E-state index is 12.9. The van der Waals surface area contributed by atoms with E-state index in [0.29, 0.717) is 30.0 Å². The lowest BCUT2D eigenvalue weighted by Crippen LogP contribution is -2.56. The number of carbonyl (C=O) groups is 2. The first kappa shape index (κ1) is 22.1. The van der Waals surface area contributed by atoms with Crippen LogP contribution in [-0.4, -0.2) is 38.1 Å². The van der Waals surface area contributed by atoms with Crippen LogP contribution in [-0.2, 0) is 9.59 Å². The van der Waals surface area contributed by atoms with E-state index in [1.54, 1.807) is 32.2 Å². The molecule has 26 heavy (non-hydrogen) atoms. The number of anilines is 1. The van der Waals surface area contributed by atoms with Gasteiger partial charge < -0.3 is 25.8 Å². The highest BCUT2D eigenvalue weighted by molar-refractivity contribution is 6.01. The van der Waals surface area contributed by atoms with Crippen molar-refractivity contribution < 1.29 is 19.1 Å². The molecular weight excluding hydrogens is 358 g/mol. The summed E-state index contributed by atoms with van der Waals surface area (Å²) in [6, 6.07) is 5.17. The minimum atomic E-state index is -0.881. The van der Waals surface area contributed by atoms with Crippen molar-refractivity contribution in [3.8, 4) is 11.5 Å². The average molecular weight is 386 g/mol. The summed E-state index contributed by atoms with van der Waals surface area (Å²) in [5.41, 5.74) is 5.27. The van der Waals surface area contributed by atoms with Crippen LogP contribution < -0.4 is 25.8 Å². The van der Waals surface area contributed by atoms with Crippen LogP contribution in [0.25, 0.3) is 0 Å². The van der Waals surface area contributed by atoms with Crippen molar-refractivity contribution in [3.05, 3.63) is 18.2 Å². The van der Waals surface area contributed by atoms with Crippen molar-refractivity contribution in [2.45, 2.75) is 38.1 Å². The van der Waals surface area contributed by atoms with Gasteiger partial charge in [0, 0.05) is 24.2 Å². The first-order chi connectivity index (χ1) is 12.0. The molecule has 0 aliphatic heterocycles. The van der Waals surface area contributed by atoms with Gasteiger partial charge >= 0.3 is 0 Å². The molecule has 1 fully saturated rings. The predicted molar refractivity (Wildman–Crippen MR) is 103 cm³/mol. The number of amides is 2. The van der Waals surface area contributed by atoms with E-state index < -0.39 is 5.54 Å². The molecule has 0 bridgehead atoms. The molecule has 1 aliphatic carbocycles. The fraction of sp³-hybridized carbons (Fsp3) is 0.556. The summed E-state index contributed by atoms with van der Waals surface area (Å²) >= 11 is 0. The summed E-state index contributed by atoms with van der Waals surface area (Å²) < 4.78 is 10.5. The Labute approximate surface area is 160 Å². The minimum Gasteiger partial charge on any atom is -0.493 e. The number of nitrogens with one attached hydrogen (secondary N) is 2. The Bertz CT molecular complexity index is 633. The quantitative estimate of drug-likeness (QED) is 0.666. The molecule has 4 N–H and O–H groups in total. The molecule has 1 aliphatic rings. The zero-order valence-corrected chi connectivity index (χ0v) is 16.3. The minimum absolute atomic E-state index is 0. The molecule has 2 rings (SSSR count). The van der Waals surface area contributed by atoms with E-state index in [1.165, 1.54) is 7.11 Å². The fourth-order valence-corrected chi connectivity index (χ4v) is 3.02. The SMILES string of the molecule is COc1ccc(NC(=O)C2(NC(=O)C(C)CN)CCCC2)cc1OC.Cl. The van der Waals surface area contributed by atoms with Gasteiger partial charge in [-0.1, -0.05) is 19.8 Å². The number of ether oxygens (including phenoxy) is 2. The van der Waals surface area contributed by atoms with Crippen LogP contribution in [0.5, 0.6) is 11.5 Å².